The Kier molecular flexibility index (Phi) is 9.67. The SMILES string of the molecule is CCCC(=O)N1CCCCC1C(=O)N1CCC(CNCC)CC1.Cl. The quantitative estimate of drug-likeness (QED) is 0.792. The predicted molar refractivity (Wildman–Crippen MR) is 99.4 cm³/mol. The van der Waals surface area contributed by atoms with E-state index in [1.165, 1.54) is 0 Å². The molecule has 0 aromatic heterocycles. The predicted octanol–water partition coefficient (Wildman–Crippen LogP) is 2.44. The molecule has 0 aromatic rings. The van der Waals surface area contributed by atoms with Crippen LogP contribution in [0.4, 0.5) is 0 Å². The lowest BCUT2D eigenvalue weighted by molar-refractivity contribution is -0.148. The summed E-state index contributed by atoms with van der Waals surface area (Å²) in [6.45, 7) is 8.67. The summed E-state index contributed by atoms with van der Waals surface area (Å²) in [4.78, 5) is 29.1. The summed E-state index contributed by atoms with van der Waals surface area (Å²) >= 11 is 0. The number of carbonyl (C=O) groups excluding carboxylic acids is 2. The number of nitrogens with zero attached hydrogens (tertiary/aromatic N) is 2. The Bertz CT molecular complexity index is 398. The Morgan fingerprint density at radius 1 is 1.04 bits per heavy atom. The molecule has 0 aliphatic carbocycles. The molecule has 0 bridgehead atoms. The van der Waals surface area contributed by atoms with Crippen molar-refractivity contribution in [2.45, 2.75) is 64.8 Å². The van der Waals surface area contributed by atoms with E-state index in [2.05, 4.69) is 12.2 Å². The zero-order chi connectivity index (χ0) is 16.7. The number of nitrogens with one attached hydrogen (secondary N) is 1. The summed E-state index contributed by atoms with van der Waals surface area (Å²) in [5.74, 6) is 1.03. The Morgan fingerprint density at radius 2 is 1.75 bits per heavy atom. The molecule has 2 fully saturated rings. The first-order valence-electron chi connectivity index (χ1n) is 9.46. The summed E-state index contributed by atoms with van der Waals surface area (Å²) in [6, 6.07) is -0.201. The minimum Gasteiger partial charge on any atom is -0.341 e. The highest BCUT2D eigenvalue weighted by molar-refractivity contribution is 5.88. The van der Waals surface area contributed by atoms with Crippen molar-refractivity contribution in [3.63, 3.8) is 0 Å². The van der Waals surface area contributed by atoms with Crippen molar-refractivity contribution in [3.8, 4) is 0 Å². The van der Waals surface area contributed by atoms with Crippen molar-refractivity contribution in [1.29, 1.82) is 0 Å². The fourth-order valence-corrected chi connectivity index (χ4v) is 3.76. The van der Waals surface area contributed by atoms with Gasteiger partial charge in [-0.2, -0.15) is 0 Å². The average Bonchev–Trinajstić information content (AvgIpc) is 2.60. The van der Waals surface area contributed by atoms with Crippen LogP contribution in [0.3, 0.4) is 0 Å². The Morgan fingerprint density at radius 3 is 2.38 bits per heavy atom. The van der Waals surface area contributed by atoms with Crippen LogP contribution in [0.15, 0.2) is 0 Å². The number of halogens is 1. The van der Waals surface area contributed by atoms with Crippen LogP contribution in [-0.2, 0) is 9.59 Å². The van der Waals surface area contributed by atoms with Crippen LogP contribution in [0.1, 0.15) is 58.8 Å². The van der Waals surface area contributed by atoms with Gasteiger partial charge >= 0.3 is 0 Å². The van der Waals surface area contributed by atoms with Crippen LogP contribution in [0, 0.1) is 5.92 Å². The average molecular weight is 360 g/mol. The van der Waals surface area contributed by atoms with Crippen LogP contribution < -0.4 is 5.32 Å². The lowest BCUT2D eigenvalue weighted by Gasteiger charge is -2.40. The van der Waals surface area contributed by atoms with Crippen molar-refractivity contribution in [3.05, 3.63) is 0 Å². The second kappa shape index (κ2) is 10.9. The van der Waals surface area contributed by atoms with Crippen molar-refractivity contribution >= 4 is 24.2 Å². The molecule has 0 spiro atoms. The standard InChI is InChI=1S/C18H33N3O2.ClH/c1-3-7-17(22)21-11-6-5-8-16(21)18(23)20-12-9-15(10-13-20)14-19-4-2;/h15-16,19H,3-14H2,1-2H3;1H. The van der Waals surface area contributed by atoms with Crippen molar-refractivity contribution in [2.24, 2.45) is 5.92 Å². The molecule has 2 aliphatic heterocycles. The van der Waals surface area contributed by atoms with Gasteiger partial charge in [0.1, 0.15) is 6.04 Å². The minimum absolute atomic E-state index is 0. The molecule has 0 radical (unpaired) electrons. The van der Waals surface area contributed by atoms with E-state index in [1.54, 1.807) is 0 Å². The highest BCUT2D eigenvalue weighted by atomic mass is 35.5. The summed E-state index contributed by atoms with van der Waals surface area (Å²) in [5.41, 5.74) is 0. The van der Waals surface area contributed by atoms with Gasteiger partial charge in [-0.15, -0.1) is 12.4 Å². The molecule has 1 atom stereocenters. The molecular formula is C18H34ClN3O2. The Labute approximate surface area is 152 Å². The van der Waals surface area contributed by atoms with Gasteiger partial charge in [0, 0.05) is 26.1 Å². The molecule has 1 unspecified atom stereocenters. The molecular weight excluding hydrogens is 326 g/mol. The normalized spacial score (nSPS) is 22.2. The van der Waals surface area contributed by atoms with Crippen molar-refractivity contribution in [1.82, 2.24) is 15.1 Å². The molecule has 2 saturated heterocycles. The smallest absolute Gasteiger partial charge is 0.245 e. The van der Waals surface area contributed by atoms with Crippen LogP contribution in [0.2, 0.25) is 0 Å². The zero-order valence-corrected chi connectivity index (χ0v) is 16.1. The van der Waals surface area contributed by atoms with Crippen LogP contribution >= 0.6 is 12.4 Å². The number of piperidine rings is 2. The number of amides is 2. The van der Waals surface area contributed by atoms with E-state index in [0.29, 0.717) is 12.3 Å². The fraction of sp³-hybridized carbons (Fsp3) is 0.889. The van der Waals surface area contributed by atoms with Gasteiger partial charge < -0.3 is 15.1 Å². The van der Waals surface area contributed by atoms with Crippen molar-refractivity contribution < 1.29 is 9.59 Å². The maximum absolute atomic E-state index is 12.9. The van der Waals surface area contributed by atoms with Crippen LogP contribution in [-0.4, -0.2) is 60.4 Å². The molecule has 5 nitrogen and oxygen atoms in total. The summed E-state index contributed by atoms with van der Waals surface area (Å²) in [6.07, 6.45) is 6.50. The Balaban J connectivity index is 0.00000288. The second-order valence-corrected chi connectivity index (χ2v) is 6.93. The molecule has 2 aliphatic rings. The minimum atomic E-state index is -0.201. The monoisotopic (exact) mass is 359 g/mol. The lowest BCUT2D eigenvalue weighted by Crippen LogP contribution is -2.54. The van der Waals surface area contributed by atoms with Gasteiger partial charge in [0.25, 0.3) is 0 Å². The molecule has 24 heavy (non-hydrogen) atoms. The van der Waals surface area contributed by atoms with E-state index in [1.807, 2.05) is 16.7 Å². The number of rotatable bonds is 6. The largest absolute Gasteiger partial charge is 0.341 e. The maximum Gasteiger partial charge on any atom is 0.245 e. The van der Waals surface area contributed by atoms with E-state index in [9.17, 15) is 9.59 Å². The number of likely N-dealkylation sites (tertiary alicyclic amines) is 2. The lowest BCUT2D eigenvalue weighted by atomic mass is 9.94. The van der Waals surface area contributed by atoms with Crippen molar-refractivity contribution in [2.75, 3.05) is 32.7 Å². The van der Waals surface area contributed by atoms with Crippen LogP contribution in [0.5, 0.6) is 0 Å². The maximum atomic E-state index is 12.9. The highest BCUT2D eigenvalue weighted by Gasteiger charge is 2.35. The van der Waals surface area contributed by atoms with Gasteiger partial charge in [0.15, 0.2) is 0 Å². The van der Waals surface area contributed by atoms with E-state index < -0.39 is 0 Å². The van der Waals surface area contributed by atoms with E-state index in [-0.39, 0.29) is 30.3 Å². The number of hydrogen-bond donors (Lipinski definition) is 1. The van der Waals surface area contributed by atoms with E-state index in [4.69, 9.17) is 0 Å². The first-order chi connectivity index (χ1) is 11.2. The van der Waals surface area contributed by atoms with Gasteiger partial charge in [-0.05, 0) is 57.5 Å². The van der Waals surface area contributed by atoms with E-state index in [0.717, 1.165) is 71.2 Å². The third-order valence-electron chi connectivity index (χ3n) is 5.18. The first kappa shape index (κ1) is 21.2. The van der Waals surface area contributed by atoms with Gasteiger partial charge in [0.05, 0.1) is 0 Å². The summed E-state index contributed by atoms with van der Waals surface area (Å²) < 4.78 is 0. The zero-order valence-electron chi connectivity index (χ0n) is 15.3. The Hall–Kier alpha value is -0.810. The third-order valence-corrected chi connectivity index (χ3v) is 5.18. The second-order valence-electron chi connectivity index (χ2n) is 6.93. The van der Waals surface area contributed by atoms with Crippen LogP contribution in [0.25, 0.3) is 0 Å². The molecule has 1 N–H and O–H groups in total. The molecule has 2 rings (SSSR count). The molecule has 0 saturated carbocycles. The van der Waals surface area contributed by atoms with Gasteiger partial charge in [-0.25, -0.2) is 0 Å². The van der Waals surface area contributed by atoms with Gasteiger partial charge in [-0.3, -0.25) is 9.59 Å². The first-order valence-corrected chi connectivity index (χ1v) is 9.46. The number of carbonyl (C=O) groups is 2. The highest BCUT2D eigenvalue weighted by Crippen LogP contribution is 2.23. The summed E-state index contributed by atoms with van der Waals surface area (Å²) in [7, 11) is 0. The van der Waals surface area contributed by atoms with Gasteiger partial charge in [0.2, 0.25) is 11.8 Å². The topological polar surface area (TPSA) is 52.7 Å². The van der Waals surface area contributed by atoms with E-state index >= 15 is 0 Å². The summed E-state index contributed by atoms with van der Waals surface area (Å²) in [5, 5.41) is 3.41. The molecule has 2 amide bonds. The fourth-order valence-electron chi connectivity index (χ4n) is 3.76. The molecule has 140 valence electrons. The molecule has 0 aromatic carbocycles. The number of hydrogen-bond acceptors (Lipinski definition) is 3. The molecule has 6 heteroatoms. The van der Waals surface area contributed by atoms with Gasteiger partial charge in [-0.1, -0.05) is 13.8 Å². The molecule has 2 heterocycles. The third kappa shape index (κ3) is 5.62.